The van der Waals surface area contributed by atoms with Crippen molar-refractivity contribution >= 4 is 5.91 Å². The highest BCUT2D eigenvalue weighted by molar-refractivity contribution is 5.77. The van der Waals surface area contributed by atoms with E-state index in [1.807, 2.05) is 18.2 Å². The van der Waals surface area contributed by atoms with Gasteiger partial charge in [0.15, 0.2) is 6.61 Å². The van der Waals surface area contributed by atoms with Crippen LogP contribution in [0.5, 0.6) is 5.75 Å². The molecule has 3 nitrogen and oxygen atoms in total. The summed E-state index contributed by atoms with van der Waals surface area (Å²) in [5, 5.41) is 3.06. The van der Waals surface area contributed by atoms with E-state index >= 15 is 0 Å². The highest BCUT2D eigenvalue weighted by atomic mass is 16.5. The molecule has 1 aromatic rings. The molecule has 110 valence electrons. The third-order valence-electron chi connectivity index (χ3n) is 3.96. The monoisotopic (exact) mass is 275 g/mol. The van der Waals surface area contributed by atoms with Gasteiger partial charge in [0.05, 0.1) is 0 Å². The number of carbonyl (C=O) groups is 1. The average molecular weight is 275 g/mol. The van der Waals surface area contributed by atoms with Crippen molar-refractivity contribution in [2.75, 3.05) is 6.61 Å². The maximum Gasteiger partial charge on any atom is 0.258 e. The zero-order valence-corrected chi connectivity index (χ0v) is 12.7. The zero-order chi connectivity index (χ0) is 14.5. The first-order valence-corrected chi connectivity index (χ1v) is 7.57. The number of rotatable bonds is 5. The molecular formula is C17H25NO2. The van der Waals surface area contributed by atoms with E-state index in [1.165, 1.54) is 6.42 Å². The fourth-order valence-corrected chi connectivity index (χ4v) is 2.84. The van der Waals surface area contributed by atoms with Crippen molar-refractivity contribution in [3.05, 3.63) is 29.8 Å². The molecule has 1 N–H and O–H groups in total. The summed E-state index contributed by atoms with van der Waals surface area (Å²) in [5.74, 6) is 1.92. The van der Waals surface area contributed by atoms with Crippen LogP contribution in [0.25, 0.3) is 0 Å². The Kier molecular flexibility index (Phi) is 5.05. The third-order valence-corrected chi connectivity index (χ3v) is 3.96. The lowest BCUT2D eigenvalue weighted by Crippen LogP contribution is -2.36. The summed E-state index contributed by atoms with van der Waals surface area (Å²) in [7, 11) is 0. The van der Waals surface area contributed by atoms with Gasteiger partial charge in [0.2, 0.25) is 0 Å². The van der Waals surface area contributed by atoms with Crippen molar-refractivity contribution in [2.45, 2.75) is 52.0 Å². The third kappa shape index (κ3) is 3.99. The first-order valence-electron chi connectivity index (χ1n) is 7.57. The molecule has 2 atom stereocenters. The number of hydrogen-bond acceptors (Lipinski definition) is 2. The van der Waals surface area contributed by atoms with E-state index in [-0.39, 0.29) is 12.5 Å². The minimum atomic E-state index is -0.0114. The van der Waals surface area contributed by atoms with Gasteiger partial charge in [-0.3, -0.25) is 4.79 Å². The van der Waals surface area contributed by atoms with E-state index in [0.29, 0.717) is 12.0 Å². The lowest BCUT2D eigenvalue weighted by Gasteiger charge is -2.15. The summed E-state index contributed by atoms with van der Waals surface area (Å²) in [6.45, 7) is 6.60. The Morgan fingerprint density at radius 2 is 2.10 bits per heavy atom. The topological polar surface area (TPSA) is 38.3 Å². The first kappa shape index (κ1) is 14.9. The van der Waals surface area contributed by atoms with Gasteiger partial charge >= 0.3 is 0 Å². The molecule has 0 spiro atoms. The van der Waals surface area contributed by atoms with E-state index in [4.69, 9.17) is 4.74 Å². The Morgan fingerprint density at radius 1 is 1.35 bits per heavy atom. The minimum Gasteiger partial charge on any atom is -0.483 e. The molecular weight excluding hydrogens is 250 g/mol. The second kappa shape index (κ2) is 6.78. The Morgan fingerprint density at radius 3 is 2.75 bits per heavy atom. The highest BCUT2D eigenvalue weighted by Crippen LogP contribution is 2.26. The van der Waals surface area contributed by atoms with Crippen molar-refractivity contribution in [2.24, 2.45) is 5.92 Å². The van der Waals surface area contributed by atoms with Crippen LogP contribution in [0.4, 0.5) is 0 Å². The molecule has 1 aliphatic rings. The molecule has 3 heteroatoms. The normalized spacial score (nSPS) is 22.0. The van der Waals surface area contributed by atoms with Gasteiger partial charge in [0.1, 0.15) is 5.75 Å². The fraction of sp³-hybridized carbons (Fsp3) is 0.588. The molecule has 1 saturated carbocycles. The molecule has 0 bridgehead atoms. The minimum absolute atomic E-state index is 0.0114. The molecule has 0 heterocycles. The van der Waals surface area contributed by atoms with Gasteiger partial charge in [-0.25, -0.2) is 0 Å². The molecule has 2 rings (SSSR count). The van der Waals surface area contributed by atoms with Crippen LogP contribution in [0, 0.1) is 5.92 Å². The van der Waals surface area contributed by atoms with Gasteiger partial charge in [0, 0.05) is 6.04 Å². The summed E-state index contributed by atoms with van der Waals surface area (Å²) in [5.41, 5.74) is 1.15. The quantitative estimate of drug-likeness (QED) is 0.893. The smallest absolute Gasteiger partial charge is 0.258 e. The van der Waals surface area contributed by atoms with E-state index < -0.39 is 0 Å². The summed E-state index contributed by atoms with van der Waals surface area (Å²) in [4.78, 5) is 11.9. The maximum atomic E-state index is 11.9. The number of para-hydroxylation sites is 1. The van der Waals surface area contributed by atoms with Gasteiger partial charge in [-0.15, -0.1) is 0 Å². The Labute approximate surface area is 121 Å². The number of benzene rings is 1. The van der Waals surface area contributed by atoms with Gasteiger partial charge in [-0.05, 0) is 42.7 Å². The van der Waals surface area contributed by atoms with Crippen LogP contribution in [-0.2, 0) is 4.79 Å². The van der Waals surface area contributed by atoms with E-state index in [2.05, 4.69) is 32.2 Å². The second-order valence-corrected chi connectivity index (χ2v) is 6.16. The number of amides is 1. The van der Waals surface area contributed by atoms with Crippen molar-refractivity contribution in [1.82, 2.24) is 5.32 Å². The molecule has 1 aliphatic carbocycles. The zero-order valence-electron chi connectivity index (χ0n) is 12.7. The summed E-state index contributed by atoms with van der Waals surface area (Å²) < 4.78 is 5.69. The number of nitrogens with one attached hydrogen (secondary N) is 1. The van der Waals surface area contributed by atoms with E-state index in [9.17, 15) is 4.79 Å². The summed E-state index contributed by atoms with van der Waals surface area (Å²) >= 11 is 0. The van der Waals surface area contributed by atoms with Gasteiger partial charge < -0.3 is 10.1 Å². The van der Waals surface area contributed by atoms with Gasteiger partial charge in [-0.1, -0.05) is 39.0 Å². The van der Waals surface area contributed by atoms with Crippen LogP contribution < -0.4 is 10.1 Å². The lowest BCUT2D eigenvalue weighted by molar-refractivity contribution is -0.123. The lowest BCUT2D eigenvalue weighted by atomic mass is 10.0. The predicted octanol–water partition coefficient (Wildman–Crippen LogP) is 3.49. The van der Waals surface area contributed by atoms with Crippen LogP contribution >= 0.6 is 0 Å². The van der Waals surface area contributed by atoms with E-state index in [1.54, 1.807) is 0 Å². The largest absolute Gasteiger partial charge is 0.483 e. The molecule has 0 aromatic heterocycles. The van der Waals surface area contributed by atoms with Crippen LogP contribution in [-0.4, -0.2) is 18.6 Å². The average Bonchev–Trinajstić information content (AvgIpc) is 2.82. The summed E-state index contributed by atoms with van der Waals surface area (Å²) in [6, 6.07) is 8.26. The van der Waals surface area contributed by atoms with Crippen LogP contribution in [0.15, 0.2) is 24.3 Å². The van der Waals surface area contributed by atoms with Gasteiger partial charge in [0.25, 0.3) is 5.91 Å². The SMILES string of the molecule is CC1CCC(NC(=O)COc2ccccc2C(C)C)C1. The maximum absolute atomic E-state index is 11.9. The standard InChI is InChI=1S/C17H25NO2/c1-12(2)15-6-4-5-7-16(15)20-11-17(19)18-14-9-8-13(3)10-14/h4-7,12-14H,8-11H2,1-3H3,(H,18,19). The molecule has 1 aromatic carbocycles. The number of hydrogen-bond donors (Lipinski definition) is 1. The second-order valence-electron chi connectivity index (χ2n) is 6.16. The van der Waals surface area contributed by atoms with Crippen LogP contribution in [0.3, 0.4) is 0 Å². The number of carbonyl (C=O) groups excluding carboxylic acids is 1. The van der Waals surface area contributed by atoms with Crippen molar-refractivity contribution in [3.8, 4) is 5.75 Å². The molecule has 0 aliphatic heterocycles. The van der Waals surface area contributed by atoms with Crippen molar-refractivity contribution in [1.29, 1.82) is 0 Å². The Balaban J connectivity index is 1.84. The first-order chi connectivity index (χ1) is 9.56. The van der Waals surface area contributed by atoms with E-state index in [0.717, 1.165) is 30.1 Å². The Bertz CT molecular complexity index is 456. The van der Waals surface area contributed by atoms with Crippen molar-refractivity contribution < 1.29 is 9.53 Å². The predicted molar refractivity (Wildman–Crippen MR) is 81.0 cm³/mol. The van der Waals surface area contributed by atoms with Crippen LogP contribution in [0.2, 0.25) is 0 Å². The Hall–Kier alpha value is -1.51. The molecule has 2 unspecified atom stereocenters. The molecule has 1 amide bonds. The summed E-state index contributed by atoms with van der Waals surface area (Å²) in [6.07, 6.45) is 3.39. The number of ether oxygens (including phenoxy) is 1. The van der Waals surface area contributed by atoms with Crippen molar-refractivity contribution in [3.63, 3.8) is 0 Å². The highest BCUT2D eigenvalue weighted by Gasteiger charge is 2.22. The fourth-order valence-electron chi connectivity index (χ4n) is 2.84. The molecule has 20 heavy (non-hydrogen) atoms. The van der Waals surface area contributed by atoms with Crippen LogP contribution in [0.1, 0.15) is 51.5 Å². The van der Waals surface area contributed by atoms with Gasteiger partial charge in [-0.2, -0.15) is 0 Å². The molecule has 1 fully saturated rings. The molecule has 0 radical (unpaired) electrons. The molecule has 0 saturated heterocycles.